The number of carbonyl (C=O) groups excluding carboxylic acids is 2. The normalized spacial score (nSPS) is 18.2. The number of nitrogens with zero attached hydrogens (tertiary/aromatic N) is 2. The monoisotopic (exact) mass is 468 g/mol. The molecule has 0 unspecified atom stereocenters. The molecular formula is C24H28N4O4S. The van der Waals surface area contributed by atoms with Crippen LogP contribution in [0.1, 0.15) is 31.2 Å². The minimum absolute atomic E-state index is 0.00937. The lowest BCUT2D eigenvalue weighted by atomic mass is 9.81. The summed E-state index contributed by atoms with van der Waals surface area (Å²) in [5, 5.41) is 7.28. The van der Waals surface area contributed by atoms with E-state index in [9.17, 15) is 19.2 Å². The smallest absolute Gasteiger partial charge is 0.332 e. The van der Waals surface area contributed by atoms with E-state index in [-0.39, 0.29) is 35.8 Å². The summed E-state index contributed by atoms with van der Waals surface area (Å²) in [6, 6.07) is 9.13. The average Bonchev–Trinajstić information content (AvgIpc) is 3.31. The fourth-order valence-corrected chi connectivity index (χ4v) is 5.34. The lowest BCUT2D eigenvalue weighted by molar-refractivity contribution is -0.125. The van der Waals surface area contributed by atoms with Gasteiger partial charge in [-0.15, -0.1) is 11.3 Å². The first-order valence-corrected chi connectivity index (χ1v) is 12.0. The second-order valence-electron chi connectivity index (χ2n) is 8.67. The number of amides is 2. The van der Waals surface area contributed by atoms with E-state index in [1.165, 1.54) is 20.5 Å². The van der Waals surface area contributed by atoms with Crippen molar-refractivity contribution in [3.05, 3.63) is 62.1 Å². The third-order valence-corrected chi connectivity index (χ3v) is 7.27. The molecule has 2 amide bonds. The van der Waals surface area contributed by atoms with Gasteiger partial charge in [0.15, 0.2) is 0 Å². The molecule has 4 rings (SSSR count). The Kier molecular flexibility index (Phi) is 6.78. The number of rotatable bonds is 6. The van der Waals surface area contributed by atoms with Crippen LogP contribution in [0.3, 0.4) is 0 Å². The zero-order valence-electron chi connectivity index (χ0n) is 18.8. The van der Waals surface area contributed by atoms with Gasteiger partial charge in [-0.3, -0.25) is 23.5 Å². The SMILES string of the molecule is CNC(=O)C1CCC(Cn2c(=O)c3sccc3n(CC(=O)Nc3ccc(C)cc3)c2=O)CC1. The van der Waals surface area contributed by atoms with E-state index in [2.05, 4.69) is 10.6 Å². The van der Waals surface area contributed by atoms with Crippen molar-refractivity contribution < 1.29 is 9.59 Å². The van der Waals surface area contributed by atoms with Crippen molar-refractivity contribution in [2.75, 3.05) is 12.4 Å². The van der Waals surface area contributed by atoms with Crippen LogP contribution in [0.5, 0.6) is 0 Å². The van der Waals surface area contributed by atoms with Crippen molar-refractivity contribution in [1.29, 1.82) is 0 Å². The molecule has 3 aromatic rings. The number of anilines is 1. The quantitative estimate of drug-likeness (QED) is 0.581. The van der Waals surface area contributed by atoms with E-state index >= 15 is 0 Å². The van der Waals surface area contributed by atoms with E-state index in [0.717, 1.165) is 31.2 Å². The molecule has 1 aliphatic rings. The summed E-state index contributed by atoms with van der Waals surface area (Å²) in [6.07, 6.45) is 3.04. The van der Waals surface area contributed by atoms with Gasteiger partial charge in [0.1, 0.15) is 11.2 Å². The van der Waals surface area contributed by atoms with Gasteiger partial charge < -0.3 is 10.6 Å². The predicted octanol–water partition coefficient (Wildman–Crippen LogP) is 2.72. The molecule has 0 radical (unpaired) electrons. The van der Waals surface area contributed by atoms with E-state index in [1.54, 1.807) is 18.5 Å². The van der Waals surface area contributed by atoms with Crippen LogP contribution in [0.15, 0.2) is 45.3 Å². The first-order valence-electron chi connectivity index (χ1n) is 11.2. The van der Waals surface area contributed by atoms with Crippen molar-refractivity contribution in [3.8, 4) is 0 Å². The maximum Gasteiger partial charge on any atom is 0.332 e. The zero-order chi connectivity index (χ0) is 23.5. The summed E-state index contributed by atoms with van der Waals surface area (Å²) in [7, 11) is 1.64. The Hall–Kier alpha value is -3.20. The maximum atomic E-state index is 13.3. The van der Waals surface area contributed by atoms with Gasteiger partial charge in [0.25, 0.3) is 5.56 Å². The van der Waals surface area contributed by atoms with E-state index in [1.807, 2.05) is 31.2 Å². The minimum atomic E-state index is -0.474. The Morgan fingerprint density at radius 3 is 2.39 bits per heavy atom. The molecule has 0 bridgehead atoms. The number of benzene rings is 1. The number of nitrogens with one attached hydrogen (secondary N) is 2. The third kappa shape index (κ3) is 4.93. The molecule has 174 valence electrons. The Labute approximate surface area is 195 Å². The van der Waals surface area contributed by atoms with Crippen molar-refractivity contribution >= 4 is 39.1 Å². The lowest BCUT2D eigenvalue weighted by Gasteiger charge is -2.27. The van der Waals surface area contributed by atoms with Gasteiger partial charge in [0, 0.05) is 25.2 Å². The van der Waals surface area contributed by atoms with Crippen LogP contribution in [0.4, 0.5) is 5.69 Å². The van der Waals surface area contributed by atoms with Crippen LogP contribution < -0.4 is 21.9 Å². The van der Waals surface area contributed by atoms with Crippen molar-refractivity contribution in [2.24, 2.45) is 11.8 Å². The molecule has 1 fully saturated rings. The second-order valence-corrected chi connectivity index (χ2v) is 9.58. The Morgan fingerprint density at radius 1 is 1.03 bits per heavy atom. The first kappa shape index (κ1) is 23.0. The molecule has 0 aliphatic heterocycles. The summed E-state index contributed by atoms with van der Waals surface area (Å²) in [5.41, 5.74) is 1.43. The van der Waals surface area contributed by atoms with Gasteiger partial charge in [-0.05, 0) is 62.1 Å². The molecule has 33 heavy (non-hydrogen) atoms. The molecule has 2 aromatic heterocycles. The minimum Gasteiger partial charge on any atom is -0.359 e. The highest BCUT2D eigenvalue weighted by Gasteiger charge is 2.27. The lowest BCUT2D eigenvalue weighted by Crippen LogP contribution is -2.43. The van der Waals surface area contributed by atoms with Gasteiger partial charge in [0.05, 0.1) is 5.52 Å². The number of aryl methyl sites for hydroxylation is 1. The molecule has 0 spiro atoms. The van der Waals surface area contributed by atoms with Crippen molar-refractivity contribution in [1.82, 2.24) is 14.5 Å². The summed E-state index contributed by atoms with van der Waals surface area (Å²) in [4.78, 5) is 51.0. The topological polar surface area (TPSA) is 102 Å². The van der Waals surface area contributed by atoms with E-state index in [4.69, 9.17) is 0 Å². The number of hydrogen-bond donors (Lipinski definition) is 2. The van der Waals surface area contributed by atoms with Gasteiger partial charge in [-0.1, -0.05) is 17.7 Å². The fraction of sp³-hybridized carbons (Fsp3) is 0.417. The van der Waals surface area contributed by atoms with Gasteiger partial charge in [0.2, 0.25) is 11.8 Å². The van der Waals surface area contributed by atoms with Crippen LogP contribution >= 0.6 is 11.3 Å². The van der Waals surface area contributed by atoms with E-state index in [0.29, 0.717) is 22.4 Å². The summed E-state index contributed by atoms with van der Waals surface area (Å²) < 4.78 is 3.12. The predicted molar refractivity (Wildman–Crippen MR) is 130 cm³/mol. The van der Waals surface area contributed by atoms with E-state index < -0.39 is 5.69 Å². The molecule has 2 heterocycles. The first-order chi connectivity index (χ1) is 15.9. The van der Waals surface area contributed by atoms with Crippen molar-refractivity contribution in [3.63, 3.8) is 0 Å². The Morgan fingerprint density at radius 2 is 1.73 bits per heavy atom. The number of thiophene rings is 1. The fourth-order valence-electron chi connectivity index (χ4n) is 4.50. The van der Waals surface area contributed by atoms with Crippen LogP contribution in [0, 0.1) is 18.8 Å². The van der Waals surface area contributed by atoms with Crippen LogP contribution in [0.2, 0.25) is 0 Å². The second kappa shape index (κ2) is 9.74. The molecule has 8 nitrogen and oxygen atoms in total. The van der Waals surface area contributed by atoms with Crippen LogP contribution in [-0.4, -0.2) is 28.0 Å². The van der Waals surface area contributed by atoms with Gasteiger partial charge in [-0.2, -0.15) is 0 Å². The summed E-state index contributed by atoms with van der Waals surface area (Å²) in [5.74, 6) is -0.147. The zero-order valence-corrected chi connectivity index (χ0v) is 19.6. The van der Waals surface area contributed by atoms with Crippen LogP contribution in [-0.2, 0) is 22.7 Å². The molecule has 0 atom stereocenters. The molecule has 1 saturated carbocycles. The Balaban J connectivity index is 1.57. The Bertz CT molecular complexity index is 1280. The largest absolute Gasteiger partial charge is 0.359 e. The molecule has 0 saturated heterocycles. The highest BCUT2D eigenvalue weighted by atomic mass is 32.1. The standard InChI is InChI=1S/C24H28N4O4S/c1-15-3-9-18(10-4-15)26-20(29)14-27-19-11-12-33-21(19)23(31)28(24(27)32)13-16-5-7-17(8-6-16)22(30)25-2/h3-4,9-12,16-17H,5-8,13-14H2,1-2H3,(H,25,30)(H,26,29). The number of aromatic nitrogens is 2. The molecule has 1 aromatic carbocycles. The number of hydrogen-bond acceptors (Lipinski definition) is 5. The van der Waals surface area contributed by atoms with Crippen molar-refractivity contribution in [2.45, 2.75) is 45.7 Å². The highest BCUT2D eigenvalue weighted by molar-refractivity contribution is 7.17. The van der Waals surface area contributed by atoms with Crippen LogP contribution in [0.25, 0.3) is 10.2 Å². The molecular weight excluding hydrogens is 440 g/mol. The number of fused-ring (bicyclic) bond motifs is 1. The average molecular weight is 469 g/mol. The highest BCUT2D eigenvalue weighted by Crippen LogP contribution is 2.29. The third-order valence-electron chi connectivity index (χ3n) is 6.38. The van der Waals surface area contributed by atoms with Gasteiger partial charge >= 0.3 is 5.69 Å². The maximum absolute atomic E-state index is 13.3. The summed E-state index contributed by atoms with van der Waals surface area (Å²) >= 11 is 1.28. The molecule has 9 heteroatoms. The number of carbonyl (C=O) groups is 2. The van der Waals surface area contributed by atoms with Gasteiger partial charge in [-0.25, -0.2) is 4.79 Å². The molecule has 2 N–H and O–H groups in total. The summed E-state index contributed by atoms with van der Waals surface area (Å²) in [6.45, 7) is 2.09. The molecule has 1 aliphatic carbocycles.